The van der Waals surface area contributed by atoms with Crippen LogP contribution in [0.1, 0.15) is 80.6 Å². The van der Waals surface area contributed by atoms with E-state index < -0.39 is 24.3 Å². The quantitative estimate of drug-likeness (QED) is 0.0944. The molecule has 0 fully saturated rings. The van der Waals surface area contributed by atoms with Gasteiger partial charge in [-0.3, -0.25) is 9.78 Å². The third kappa shape index (κ3) is 12.9. The normalized spacial score (nSPS) is 13.6. The Morgan fingerprint density at radius 1 is 0.889 bits per heavy atom. The Balaban J connectivity index is 1.57. The summed E-state index contributed by atoms with van der Waals surface area (Å²) in [5, 5.41) is 9.27. The first kappa shape index (κ1) is 42.4. The summed E-state index contributed by atoms with van der Waals surface area (Å²) in [6.07, 6.45) is 2.25. The van der Waals surface area contributed by atoms with E-state index >= 15 is 0 Å². The van der Waals surface area contributed by atoms with Gasteiger partial charge in [-0.15, -0.1) is 22.7 Å². The highest BCUT2D eigenvalue weighted by Gasteiger charge is 2.35. The molecule has 0 spiro atoms. The van der Waals surface area contributed by atoms with E-state index in [9.17, 15) is 14.4 Å². The number of thiazole rings is 2. The minimum absolute atomic E-state index is 0.129. The summed E-state index contributed by atoms with van der Waals surface area (Å²) >= 11 is 3.02. The van der Waals surface area contributed by atoms with E-state index in [1.54, 1.807) is 39.9 Å². The fourth-order valence-electron chi connectivity index (χ4n) is 6.29. The fraction of sp³-hybridized carbons (Fsp3) is 0.488. The highest BCUT2D eigenvalue weighted by atomic mass is 32.1. The molecule has 0 unspecified atom stereocenters. The molecule has 4 aromatic rings. The van der Waals surface area contributed by atoms with Crippen LogP contribution in [0.2, 0.25) is 0 Å². The molecular weight excluding hydrogens is 721 g/mol. The van der Waals surface area contributed by atoms with Crippen LogP contribution in [0.3, 0.4) is 0 Å². The number of nitrogens with zero attached hydrogens (tertiary/aromatic N) is 4. The van der Waals surface area contributed by atoms with Crippen molar-refractivity contribution in [2.24, 2.45) is 5.92 Å². The van der Waals surface area contributed by atoms with Crippen molar-refractivity contribution in [3.8, 4) is 0 Å². The first-order chi connectivity index (χ1) is 26.0. The van der Waals surface area contributed by atoms with Crippen LogP contribution >= 0.6 is 22.7 Å². The number of carbonyl (C=O) groups is 3. The average Bonchev–Trinajstić information content (AvgIpc) is 3.86. The Labute approximate surface area is 328 Å². The highest BCUT2D eigenvalue weighted by Crippen LogP contribution is 2.23. The summed E-state index contributed by atoms with van der Waals surface area (Å²) < 4.78 is 12.3. The first-order valence-electron chi connectivity index (χ1n) is 18.7. The number of nitrogens with one attached hydrogen (secondary N) is 2. The Kier molecular flexibility index (Phi) is 16.9. The predicted molar refractivity (Wildman–Crippen MR) is 216 cm³/mol. The van der Waals surface area contributed by atoms with Gasteiger partial charge in [0.15, 0.2) is 0 Å². The molecule has 0 aliphatic heterocycles. The van der Waals surface area contributed by atoms with E-state index in [0.717, 1.165) is 26.7 Å². The summed E-state index contributed by atoms with van der Waals surface area (Å²) in [6.45, 7) is 13.2. The van der Waals surface area contributed by atoms with Crippen molar-refractivity contribution < 1.29 is 23.9 Å². The van der Waals surface area contributed by atoms with E-state index in [4.69, 9.17) is 9.47 Å². The van der Waals surface area contributed by atoms with E-state index in [2.05, 4.69) is 34.4 Å². The maximum atomic E-state index is 14.2. The Hall–Kier alpha value is -4.33. The minimum atomic E-state index is -0.792. The number of carbonyl (C=O) groups excluding carboxylic acids is 3. The monoisotopic (exact) mass is 776 g/mol. The Morgan fingerprint density at radius 3 is 2.11 bits per heavy atom. The molecule has 292 valence electrons. The molecule has 2 N–H and O–H groups in total. The molecule has 4 amide bonds. The highest BCUT2D eigenvalue weighted by molar-refractivity contribution is 7.09. The zero-order chi connectivity index (χ0) is 39.0. The molecule has 11 nitrogen and oxygen atoms in total. The second-order valence-corrected chi connectivity index (χ2v) is 15.9. The number of hydrogen-bond acceptors (Lipinski definition) is 9. The zero-order valence-electron chi connectivity index (χ0n) is 32.6. The summed E-state index contributed by atoms with van der Waals surface area (Å²) in [4.78, 5) is 54.3. The number of ether oxygens (including phenoxy) is 2. The molecule has 0 saturated heterocycles. The van der Waals surface area contributed by atoms with Gasteiger partial charge in [0.2, 0.25) is 5.91 Å². The van der Waals surface area contributed by atoms with Gasteiger partial charge in [-0.25, -0.2) is 14.6 Å². The van der Waals surface area contributed by atoms with E-state index in [1.807, 2.05) is 93.7 Å². The van der Waals surface area contributed by atoms with Crippen LogP contribution in [0.4, 0.5) is 9.59 Å². The smallest absolute Gasteiger partial charge is 0.410 e. The van der Waals surface area contributed by atoms with Crippen LogP contribution in [-0.2, 0) is 40.3 Å². The molecule has 4 atom stereocenters. The van der Waals surface area contributed by atoms with Crippen LogP contribution in [0, 0.1) is 5.92 Å². The lowest BCUT2D eigenvalue weighted by molar-refractivity contribution is -0.125. The molecule has 0 aliphatic rings. The lowest BCUT2D eigenvalue weighted by atomic mass is 9.92. The topological polar surface area (TPSA) is 126 Å². The summed E-state index contributed by atoms with van der Waals surface area (Å²) in [5.41, 5.74) is 4.62. The van der Waals surface area contributed by atoms with Crippen molar-refractivity contribution in [2.45, 2.75) is 104 Å². The maximum absolute atomic E-state index is 14.2. The number of urea groups is 1. The third-order valence-electron chi connectivity index (χ3n) is 9.12. The minimum Gasteiger partial charge on any atom is -0.444 e. The van der Waals surface area contributed by atoms with Gasteiger partial charge in [-0.2, -0.15) is 0 Å². The van der Waals surface area contributed by atoms with Crippen LogP contribution in [0.15, 0.2) is 77.8 Å². The first-order valence-corrected chi connectivity index (χ1v) is 20.5. The van der Waals surface area contributed by atoms with Crippen molar-refractivity contribution in [1.29, 1.82) is 0 Å². The number of rotatable bonds is 20. The second-order valence-electron chi connectivity index (χ2n) is 14.0. The van der Waals surface area contributed by atoms with Crippen molar-refractivity contribution in [3.63, 3.8) is 0 Å². The van der Waals surface area contributed by atoms with Gasteiger partial charge in [-0.05, 0) is 50.2 Å². The van der Waals surface area contributed by atoms with Crippen molar-refractivity contribution in [1.82, 2.24) is 30.4 Å². The van der Waals surface area contributed by atoms with E-state index in [-0.39, 0.29) is 30.5 Å². The van der Waals surface area contributed by atoms with Crippen molar-refractivity contribution in [2.75, 3.05) is 20.2 Å². The molecule has 2 heterocycles. The number of benzene rings is 2. The van der Waals surface area contributed by atoms with Crippen molar-refractivity contribution in [3.05, 3.63) is 104 Å². The van der Waals surface area contributed by atoms with Crippen LogP contribution < -0.4 is 10.6 Å². The molecule has 0 aliphatic carbocycles. The Bertz CT molecular complexity index is 1700. The van der Waals surface area contributed by atoms with Gasteiger partial charge < -0.3 is 29.9 Å². The lowest BCUT2D eigenvalue weighted by Gasteiger charge is -2.38. The van der Waals surface area contributed by atoms with Crippen LogP contribution in [0.5, 0.6) is 0 Å². The van der Waals surface area contributed by atoms with E-state index in [0.29, 0.717) is 44.9 Å². The molecule has 0 bridgehead atoms. The lowest BCUT2D eigenvalue weighted by Crippen LogP contribution is -2.56. The van der Waals surface area contributed by atoms with E-state index in [1.165, 1.54) is 11.3 Å². The molecule has 0 radical (unpaired) electrons. The number of aromatic nitrogens is 2. The second kappa shape index (κ2) is 21.5. The zero-order valence-corrected chi connectivity index (χ0v) is 34.2. The molecule has 4 rings (SSSR count). The van der Waals surface area contributed by atoms with Gasteiger partial charge in [0.1, 0.15) is 12.6 Å². The summed E-state index contributed by atoms with van der Waals surface area (Å²) in [5.74, 6) is -0.164. The van der Waals surface area contributed by atoms with Gasteiger partial charge in [-0.1, -0.05) is 88.4 Å². The van der Waals surface area contributed by atoms with Gasteiger partial charge in [0.25, 0.3) is 0 Å². The molecular formula is C41H56N6O5S2. The largest absolute Gasteiger partial charge is 0.444 e. The number of amides is 4. The molecule has 54 heavy (non-hydrogen) atoms. The Morgan fingerprint density at radius 2 is 1.56 bits per heavy atom. The summed E-state index contributed by atoms with van der Waals surface area (Å²) in [6, 6.07) is 18.1. The van der Waals surface area contributed by atoms with Gasteiger partial charge in [0, 0.05) is 43.7 Å². The van der Waals surface area contributed by atoms with Gasteiger partial charge in [0.05, 0.1) is 39.8 Å². The molecule has 2 aromatic heterocycles. The number of likely N-dealkylation sites (N-methyl/N-ethyl adjacent to an activating group) is 1. The van der Waals surface area contributed by atoms with Crippen molar-refractivity contribution >= 4 is 40.7 Å². The average molecular weight is 777 g/mol. The summed E-state index contributed by atoms with van der Waals surface area (Å²) in [7, 11) is 1.71. The SMILES string of the molecule is CCO[C@@H](C[C@H](Cc1ccccc1)NC(=O)[C@@H](NC(=O)N(C)Cc1csc(C(C)C)n1)C(C)C)[C@H](Cc1ccccc1)N(CC)C(=O)OCc1cncs1. The molecule has 13 heteroatoms. The third-order valence-corrected chi connectivity index (χ3v) is 11.1. The maximum Gasteiger partial charge on any atom is 0.410 e. The number of hydrogen-bond donors (Lipinski definition) is 2. The predicted octanol–water partition coefficient (Wildman–Crippen LogP) is 7.68. The fourth-order valence-corrected chi connectivity index (χ4v) is 7.63. The van der Waals surface area contributed by atoms with Gasteiger partial charge >= 0.3 is 12.1 Å². The van der Waals surface area contributed by atoms with Crippen LogP contribution in [0.25, 0.3) is 0 Å². The molecule has 2 aromatic carbocycles. The van der Waals surface area contributed by atoms with Crippen LogP contribution in [-0.4, -0.2) is 82.2 Å². The molecule has 0 saturated carbocycles. The standard InChI is InChI=1S/C41H56N6O5S2/c1-8-47(41(50)52-25-34-23-42-27-54-34)35(21-31-18-14-11-15-19-31)36(51-9-2)22-32(20-30-16-12-10-13-17-30)43-38(48)37(28(3)4)45-40(49)46(7)24-33-26-53-39(44-33)29(5)6/h10-19,23,26-29,32,35-37H,8-9,20-22,24-25H2,1-7H3,(H,43,48)(H,45,49)/t32-,35-,36-,37-/m0/s1.